The van der Waals surface area contributed by atoms with Crippen molar-refractivity contribution in [3.63, 3.8) is 0 Å². The van der Waals surface area contributed by atoms with E-state index >= 15 is 0 Å². The van der Waals surface area contributed by atoms with Gasteiger partial charge in [0.2, 0.25) is 0 Å². The Balaban J connectivity index is 1.71. The molecule has 0 saturated carbocycles. The third-order valence-electron chi connectivity index (χ3n) is 4.45. The highest BCUT2D eigenvalue weighted by Gasteiger charge is 2.20. The molecular formula is C23H16ClNO2S. The summed E-state index contributed by atoms with van der Waals surface area (Å²) in [6, 6.07) is 22.0. The normalized spacial score (nSPS) is 10.8. The van der Waals surface area contributed by atoms with Gasteiger partial charge in [0.05, 0.1) is 10.7 Å². The van der Waals surface area contributed by atoms with Crippen LogP contribution in [0.25, 0.3) is 10.1 Å². The summed E-state index contributed by atoms with van der Waals surface area (Å²) in [6.45, 7) is 1.91. The number of ketones is 1. The van der Waals surface area contributed by atoms with E-state index in [0.29, 0.717) is 26.7 Å². The SMILES string of the molecule is Cc1ccc(NC(=O)c2sc3ccccc3c2Cl)c(C(=O)c2ccccc2)c1. The Morgan fingerprint density at radius 3 is 2.39 bits per heavy atom. The predicted molar refractivity (Wildman–Crippen MR) is 116 cm³/mol. The van der Waals surface area contributed by atoms with Crippen LogP contribution < -0.4 is 5.32 Å². The molecule has 0 aliphatic carbocycles. The van der Waals surface area contributed by atoms with E-state index < -0.39 is 0 Å². The van der Waals surface area contributed by atoms with Gasteiger partial charge in [-0.05, 0) is 25.1 Å². The topological polar surface area (TPSA) is 46.2 Å². The number of nitrogens with one attached hydrogen (secondary N) is 1. The lowest BCUT2D eigenvalue weighted by Crippen LogP contribution is -2.14. The van der Waals surface area contributed by atoms with Gasteiger partial charge in [0.15, 0.2) is 5.78 Å². The van der Waals surface area contributed by atoms with E-state index in [1.54, 1.807) is 24.3 Å². The summed E-state index contributed by atoms with van der Waals surface area (Å²) < 4.78 is 0.946. The molecule has 0 aliphatic rings. The first-order valence-electron chi connectivity index (χ1n) is 8.73. The first kappa shape index (κ1) is 18.4. The number of aryl methyl sites for hydroxylation is 1. The molecule has 0 fully saturated rings. The van der Waals surface area contributed by atoms with E-state index in [1.165, 1.54) is 11.3 Å². The third kappa shape index (κ3) is 3.44. The van der Waals surface area contributed by atoms with Crippen molar-refractivity contribution in [2.24, 2.45) is 0 Å². The first-order valence-corrected chi connectivity index (χ1v) is 9.93. The average Bonchev–Trinajstić information content (AvgIpc) is 3.06. The summed E-state index contributed by atoms with van der Waals surface area (Å²) in [5.41, 5.74) is 2.44. The predicted octanol–water partition coefficient (Wildman–Crippen LogP) is 6.35. The smallest absolute Gasteiger partial charge is 0.267 e. The number of hydrogen-bond donors (Lipinski definition) is 1. The summed E-state index contributed by atoms with van der Waals surface area (Å²) in [5.74, 6) is -0.459. The maximum Gasteiger partial charge on any atom is 0.267 e. The Morgan fingerprint density at radius 1 is 0.929 bits per heavy atom. The highest BCUT2D eigenvalue weighted by molar-refractivity contribution is 7.21. The molecule has 0 unspecified atom stereocenters. The summed E-state index contributed by atoms with van der Waals surface area (Å²) in [4.78, 5) is 26.3. The molecule has 0 atom stereocenters. The Bertz CT molecular complexity index is 1200. The van der Waals surface area contributed by atoms with Gasteiger partial charge in [-0.1, -0.05) is 71.8 Å². The summed E-state index contributed by atoms with van der Waals surface area (Å²) >= 11 is 7.76. The molecule has 0 aliphatic heterocycles. The van der Waals surface area contributed by atoms with Crippen LogP contribution >= 0.6 is 22.9 Å². The van der Waals surface area contributed by atoms with Crippen molar-refractivity contribution < 1.29 is 9.59 Å². The molecule has 1 aromatic heterocycles. The molecule has 5 heteroatoms. The zero-order chi connectivity index (χ0) is 19.7. The Morgan fingerprint density at radius 2 is 1.64 bits per heavy atom. The van der Waals surface area contributed by atoms with Crippen molar-refractivity contribution in [1.29, 1.82) is 0 Å². The molecule has 0 bridgehead atoms. The van der Waals surface area contributed by atoms with E-state index in [9.17, 15) is 9.59 Å². The molecule has 0 saturated heterocycles. The van der Waals surface area contributed by atoms with E-state index in [4.69, 9.17) is 11.6 Å². The maximum atomic E-state index is 13.0. The standard InChI is InChI=1S/C23H16ClNO2S/c1-14-11-12-18(17(13-14)21(26)15-7-3-2-4-8-15)25-23(27)22-20(24)16-9-5-6-10-19(16)28-22/h2-13H,1H3,(H,25,27). The van der Waals surface area contributed by atoms with Gasteiger partial charge in [-0.25, -0.2) is 0 Å². The molecular weight excluding hydrogens is 390 g/mol. The Labute approximate surface area is 171 Å². The summed E-state index contributed by atoms with van der Waals surface area (Å²) in [7, 11) is 0. The van der Waals surface area contributed by atoms with Crippen molar-refractivity contribution in [3.8, 4) is 0 Å². The monoisotopic (exact) mass is 405 g/mol. The molecule has 0 spiro atoms. The molecule has 28 heavy (non-hydrogen) atoms. The van der Waals surface area contributed by atoms with Crippen molar-refractivity contribution >= 4 is 50.4 Å². The number of carbonyl (C=O) groups is 2. The number of rotatable bonds is 4. The van der Waals surface area contributed by atoms with Gasteiger partial charge in [0, 0.05) is 21.2 Å². The van der Waals surface area contributed by atoms with Gasteiger partial charge in [0.25, 0.3) is 5.91 Å². The quantitative estimate of drug-likeness (QED) is 0.402. The third-order valence-corrected chi connectivity index (χ3v) is 6.12. The van der Waals surface area contributed by atoms with Gasteiger partial charge < -0.3 is 5.32 Å². The summed E-state index contributed by atoms with van der Waals surface area (Å²) in [5, 5.41) is 4.16. The number of amides is 1. The van der Waals surface area contributed by atoms with Crippen LogP contribution in [0.3, 0.4) is 0 Å². The molecule has 3 nitrogen and oxygen atoms in total. The molecule has 1 N–H and O–H groups in total. The highest BCUT2D eigenvalue weighted by Crippen LogP contribution is 2.35. The fourth-order valence-electron chi connectivity index (χ4n) is 3.04. The van der Waals surface area contributed by atoms with Crippen LogP contribution in [0.5, 0.6) is 0 Å². The van der Waals surface area contributed by atoms with Gasteiger partial charge in [0.1, 0.15) is 4.88 Å². The lowest BCUT2D eigenvalue weighted by molar-refractivity contribution is 0.103. The number of fused-ring (bicyclic) bond motifs is 1. The van der Waals surface area contributed by atoms with E-state index in [-0.39, 0.29) is 11.7 Å². The minimum absolute atomic E-state index is 0.137. The summed E-state index contributed by atoms with van der Waals surface area (Å²) in [6.07, 6.45) is 0. The van der Waals surface area contributed by atoms with Gasteiger partial charge >= 0.3 is 0 Å². The van der Waals surface area contributed by atoms with Crippen LogP contribution in [0, 0.1) is 6.92 Å². The van der Waals surface area contributed by atoms with Gasteiger partial charge in [-0.2, -0.15) is 0 Å². The van der Waals surface area contributed by atoms with E-state index in [0.717, 1.165) is 15.6 Å². The lowest BCUT2D eigenvalue weighted by Gasteiger charge is -2.11. The fraction of sp³-hybridized carbons (Fsp3) is 0.0435. The molecule has 1 amide bonds. The average molecular weight is 406 g/mol. The Kier molecular flexibility index (Phi) is 4.99. The van der Waals surface area contributed by atoms with Crippen molar-refractivity contribution in [2.75, 3.05) is 5.32 Å². The van der Waals surface area contributed by atoms with Crippen LogP contribution in [-0.4, -0.2) is 11.7 Å². The number of benzene rings is 3. The van der Waals surface area contributed by atoms with Crippen LogP contribution in [0.4, 0.5) is 5.69 Å². The van der Waals surface area contributed by atoms with Crippen LogP contribution in [0.1, 0.15) is 31.2 Å². The second-order valence-corrected chi connectivity index (χ2v) is 7.87. The number of hydrogen-bond acceptors (Lipinski definition) is 3. The van der Waals surface area contributed by atoms with Crippen LogP contribution in [-0.2, 0) is 0 Å². The van der Waals surface area contributed by atoms with E-state index in [2.05, 4.69) is 5.32 Å². The number of anilines is 1. The second kappa shape index (κ2) is 7.58. The molecule has 3 aromatic carbocycles. The lowest BCUT2D eigenvalue weighted by atomic mass is 9.99. The minimum atomic E-state index is -0.322. The van der Waals surface area contributed by atoms with Crippen LogP contribution in [0.15, 0.2) is 72.8 Å². The minimum Gasteiger partial charge on any atom is -0.321 e. The van der Waals surface area contributed by atoms with Crippen LogP contribution in [0.2, 0.25) is 5.02 Å². The van der Waals surface area contributed by atoms with Gasteiger partial charge in [-0.15, -0.1) is 11.3 Å². The maximum absolute atomic E-state index is 13.0. The molecule has 1 heterocycles. The van der Waals surface area contributed by atoms with Crippen molar-refractivity contribution in [2.45, 2.75) is 6.92 Å². The zero-order valence-corrected chi connectivity index (χ0v) is 16.6. The fourth-order valence-corrected chi connectivity index (χ4v) is 4.45. The molecule has 138 valence electrons. The zero-order valence-electron chi connectivity index (χ0n) is 15.0. The largest absolute Gasteiger partial charge is 0.321 e. The Hall–Kier alpha value is -2.95. The van der Waals surface area contributed by atoms with Crippen molar-refractivity contribution in [3.05, 3.63) is 99.4 Å². The molecule has 0 radical (unpaired) electrons. The number of carbonyl (C=O) groups excluding carboxylic acids is 2. The molecule has 4 rings (SSSR count). The van der Waals surface area contributed by atoms with E-state index in [1.807, 2.05) is 55.5 Å². The number of thiophene rings is 1. The highest BCUT2D eigenvalue weighted by atomic mass is 35.5. The second-order valence-electron chi connectivity index (χ2n) is 6.44. The van der Waals surface area contributed by atoms with Crippen molar-refractivity contribution in [1.82, 2.24) is 0 Å². The first-order chi connectivity index (χ1) is 13.5. The number of halogens is 1. The molecule has 4 aromatic rings. The van der Waals surface area contributed by atoms with Gasteiger partial charge in [-0.3, -0.25) is 9.59 Å².